The first-order valence-electron chi connectivity index (χ1n) is 9.69. The summed E-state index contributed by atoms with van der Waals surface area (Å²) in [6.07, 6.45) is 1.62. The van der Waals surface area contributed by atoms with Crippen LogP contribution in [0.1, 0.15) is 27.3 Å². The minimum Gasteiger partial charge on any atom is -0.454 e. The Hall–Kier alpha value is -3.87. The van der Waals surface area contributed by atoms with E-state index in [1.54, 1.807) is 10.7 Å². The van der Waals surface area contributed by atoms with Gasteiger partial charge in [-0.1, -0.05) is 36.4 Å². The van der Waals surface area contributed by atoms with Gasteiger partial charge in [0.2, 0.25) is 6.79 Å². The number of aromatic nitrogens is 3. The summed E-state index contributed by atoms with van der Waals surface area (Å²) in [5.74, 6) is 1.22. The molecule has 0 spiro atoms. The number of hydrogen-bond donors (Lipinski definition) is 1. The van der Waals surface area contributed by atoms with Crippen molar-refractivity contribution in [2.45, 2.75) is 20.4 Å². The highest BCUT2D eigenvalue weighted by Gasteiger charge is 2.19. The van der Waals surface area contributed by atoms with Crippen molar-refractivity contribution in [3.8, 4) is 22.6 Å². The second-order valence-corrected chi connectivity index (χ2v) is 7.19. The summed E-state index contributed by atoms with van der Waals surface area (Å²) in [5, 5.41) is 7.58. The molecule has 1 amide bonds. The lowest BCUT2D eigenvalue weighted by molar-refractivity contribution is 0.0949. The predicted molar refractivity (Wildman–Crippen MR) is 112 cm³/mol. The van der Waals surface area contributed by atoms with E-state index in [4.69, 9.17) is 9.47 Å². The molecule has 30 heavy (non-hydrogen) atoms. The highest BCUT2D eigenvalue weighted by Crippen LogP contribution is 2.32. The molecule has 3 heterocycles. The normalized spacial score (nSPS) is 12.3. The molecule has 0 atom stereocenters. The molecule has 0 fully saturated rings. The van der Waals surface area contributed by atoms with E-state index in [9.17, 15) is 4.79 Å². The number of aryl methyl sites for hydroxylation is 2. The molecule has 2 aromatic heterocycles. The van der Waals surface area contributed by atoms with Crippen molar-refractivity contribution >= 4 is 11.6 Å². The van der Waals surface area contributed by atoms with Crippen LogP contribution in [-0.4, -0.2) is 27.3 Å². The Labute approximate surface area is 173 Å². The fourth-order valence-corrected chi connectivity index (χ4v) is 3.70. The molecule has 0 saturated heterocycles. The Morgan fingerprint density at radius 2 is 1.90 bits per heavy atom. The number of nitrogens with zero attached hydrogens (tertiary/aromatic N) is 3. The molecule has 150 valence electrons. The van der Waals surface area contributed by atoms with E-state index in [1.165, 1.54) is 0 Å². The fraction of sp³-hybridized carbons (Fsp3) is 0.174. The van der Waals surface area contributed by atoms with E-state index >= 15 is 0 Å². The lowest BCUT2D eigenvalue weighted by atomic mass is 10.1. The van der Waals surface area contributed by atoms with Gasteiger partial charge < -0.3 is 14.8 Å². The standard InChI is InChI=1S/C23H20N4O3/c1-14-21(17-6-4-3-5-7-17)22-24-12-18(15(2)27(22)26-14)23(28)25-11-16-8-9-19-20(10-16)30-13-29-19/h3-10,12H,11,13H2,1-2H3,(H,25,28). The van der Waals surface area contributed by atoms with E-state index in [0.29, 0.717) is 17.9 Å². The number of benzene rings is 2. The molecule has 0 bridgehead atoms. The van der Waals surface area contributed by atoms with Crippen LogP contribution in [-0.2, 0) is 6.54 Å². The van der Waals surface area contributed by atoms with Crippen LogP contribution in [0.5, 0.6) is 11.5 Å². The molecule has 0 unspecified atom stereocenters. The van der Waals surface area contributed by atoms with Gasteiger partial charge >= 0.3 is 0 Å². The van der Waals surface area contributed by atoms with Crippen molar-refractivity contribution in [1.29, 1.82) is 0 Å². The van der Waals surface area contributed by atoms with E-state index < -0.39 is 0 Å². The number of nitrogens with one attached hydrogen (secondary N) is 1. The molecular formula is C23H20N4O3. The van der Waals surface area contributed by atoms with Crippen molar-refractivity contribution in [3.63, 3.8) is 0 Å². The van der Waals surface area contributed by atoms with Gasteiger partial charge in [-0.15, -0.1) is 0 Å². The fourth-order valence-electron chi connectivity index (χ4n) is 3.70. The molecule has 0 aliphatic carbocycles. The Balaban J connectivity index is 1.42. The van der Waals surface area contributed by atoms with Crippen molar-refractivity contribution in [1.82, 2.24) is 19.9 Å². The maximum atomic E-state index is 12.8. The van der Waals surface area contributed by atoms with Crippen LogP contribution < -0.4 is 14.8 Å². The van der Waals surface area contributed by atoms with Gasteiger partial charge in [-0.3, -0.25) is 4.79 Å². The van der Waals surface area contributed by atoms with Gasteiger partial charge in [-0.2, -0.15) is 5.10 Å². The van der Waals surface area contributed by atoms with Crippen LogP contribution in [0.15, 0.2) is 54.7 Å². The number of amides is 1. The molecule has 1 N–H and O–H groups in total. The van der Waals surface area contributed by atoms with Gasteiger partial charge in [0.05, 0.1) is 17.0 Å². The van der Waals surface area contributed by atoms with Crippen LogP contribution in [0.2, 0.25) is 0 Å². The van der Waals surface area contributed by atoms with E-state index in [-0.39, 0.29) is 12.7 Å². The topological polar surface area (TPSA) is 77.8 Å². The zero-order valence-electron chi connectivity index (χ0n) is 16.7. The summed E-state index contributed by atoms with van der Waals surface area (Å²) in [6, 6.07) is 15.7. The summed E-state index contributed by atoms with van der Waals surface area (Å²) in [4.78, 5) is 17.4. The number of carbonyl (C=O) groups is 1. The van der Waals surface area contributed by atoms with Crippen molar-refractivity contribution < 1.29 is 14.3 Å². The molecule has 7 nitrogen and oxygen atoms in total. The van der Waals surface area contributed by atoms with Gasteiger partial charge in [0.1, 0.15) is 0 Å². The SMILES string of the molecule is Cc1nn2c(C)c(C(=O)NCc3ccc4c(c3)OCO4)cnc2c1-c1ccccc1. The largest absolute Gasteiger partial charge is 0.454 e. The summed E-state index contributed by atoms with van der Waals surface area (Å²) in [6.45, 7) is 4.44. The molecule has 4 aromatic rings. The third-order valence-corrected chi connectivity index (χ3v) is 5.26. The first kappa shape index (κ1) is 18.2. The van der Waals surface area contributed by atoms with Crippen LogP contribution in [0.25, 0.3) is 16.8 Å². The average molecular weight is 400 g/mol. The minimum atomic E-state index is -0.200. The average Bonchev–Trinajstić information content (AvgIpc) is 3.36. The first-order valence-corrected chi connectivity index (χ1v) is 9.69. The molecule has 1 aliphatic rings. The molecule has 0 saturated carbocycles. The highest BCUT2D eigenvalue weighted by atomic mass is 16.7. The molecule has 1 aliphatic heterocycles. The monoisotopic (exact) mass is 400 g/mol. The van der Waals surface area contributed by atoms with Gasteiger partial charge in [-0.05, 0) is 37.1 Å². The van der Waals surface area contributed by atoms with Crippen molar-refractivity contribution in [2.75, 3.05) is 6.79 Å². The zero-order chi connectivity index (χ0) is 20.7. The van der Waals surface area contributed by atoms with Crippen LogP contribution in [0.3, 0.4) is 0 Å². The van der Waals surface area contributed by atoms with E-state index in [1.807, 2.05) is 62.4 Å². The third kappa shape index (κ3) is 3.04. The highest BCUT2D eigenvalue weighted by molar-refractivity contribution is 5.95. The van der Waals surface area contributed by atoms with Gasteiger partial charge in [-0.25, -0.2) is 9.50 Å². The number of rotatable bonds is 4. The predicted octanol–water partition coefficient (Wildman–Crippen LogP) is 3.67. The second kappa shape index (κ2) is 7.18. The molecule has 5 rings (SSSR count). The number of carbonyl (C=O) groups excluding carboxylic acids is 1. The maximum absolute atomic E-state index is 12.8. The number of hydrogen-bond acceptors (Lipinski definition) is 5. The molecular weight excluding hydrogens is 380 g/mol. The summed E-state index contributed by atoms with van der Waals surface area (Å²) in [7, 11) is 0. The second-order valence-electron chi connectivity index (χ2n) is 7.19. The smallest absolute Gasteiger partial charge is 0.254 e. The summed E-state index contributed by atoms with van der Waals surface area (Å²) < 4.78 is 12.5. The minimum absolute atomic E-state index is 0.200. The summed E-state index contributed by atoms with van der Waals surface area (Å²) >= 11 is 0. The number of ether oxygens (including phenoxy) is 2. The van der Waals surface area contributed by atoms with Crippen LogP contribution in [0.4, 0.5) is 0 Å². The molecule has 2 aromatic carbocycles. The van der Waals surface area contributed by atoms with Gasteiger partial charge in [0.15, 0.2) is 17.1 Å². The quantitative estimate of drug-likeness (QED) is 0.566. The van der Waals surface area contributed by atoms with Crippen LogP contribution >= 0.6 is 0 Å². The lowest BCUT2D eigenvalue weighted by Crippen LogP contribution is -2.24. The Kier molecular flexibility index (Phi) is 4.35. The Morgan fingerprint density at radius 3 is 2.73 bits per heavy atom. The zero-order valence-corrected chi connectivity index (χ0v) is 16.7. The Bertz CT molecular complexity index is 1260. The number of fused-ring (bicyclic) bond motifs is 2. The van der Waals surface area contributed by atoms with Crippen molar-refractivity contribution in [2.24, 2.45) is 0 Å². The Morgan fingerprint density at radius 1 is 1.10 bits per heavy atom. The summed E-state index contributed by atoms with van der Waals surface area (Å²) in [5.41, 5.74) is 5.81. The third-order valence-electron chi connectivity index (χ3n) is 5.26. The molecule has 7 heteroatoms. The first-order chi connectivity index (χ1) is 14.6. The van der Waals surface area contributed by atoms with Crippen molar-refractivity contribution in [3.05, 3.63) is 77.2 Å². The maximum Gasteiger partial charge on any atom is 0.254 e. The van der Waals surface area contributed by atoms with Crippen LogP contribution in [0, 0.1) is 13.8 Å². The van der Waals surface area contributed by atoms with E-state index in [2.05, 4.69) is 15.4 Å². The van der Waals surface area contributed by atoms with E-state index in [0.717, 1.165) is 39.5 Å². The lowest BCUT2D eigenvalue weighted by Gasteiger charge is -2.09. The van der Waals surface area contributed by atoms with Gasteiger partial charge in [0.25, 0.3) is 5.91 Å². The van der Waals surface area contributed by atoms with Gasteiger partial charge in [0, 0.05) is 18.3 Å². The molecule has 0 radical (unpaired) electrons.